The Labute approximate surface area is 116 Å². The van der Waals surface area contributed by atoms with Crippen LogP contribution in [0.4, 0.5) is 5.69 Å². The fourth-order valence-corrected chi connectivity index (χ4v) is 2.44. The molecule has 1 aromatic carbocycles. The number of anilines is 1. The van der Waals surface area contributed by atoms with Gasteiger partial charge in [-0.15, -0.1) is 0 Å². The van der Waals surface area contributed by atoms with Crippen LogP contribution in [0.25, 0.3) is 0 Å². The summed E-state index contributed by atoms with van der Waals surface area (Å²) in [6.45, 7) is 1.85. The van der Waals surface area contributed by atoms with Gasteiger partial charge in [-0.2, -0.15) is 11.8 Å². The molecule has 0 radical (unpaired) electrons. The number of hydrogen-bond donors (Lipinski definition) is 3. The summed E-state index contributed by atoms with van der Waals surface area (Å²) in [5, 5.41) is 12.9. The molecule has 0 bridgehead atoms. The summed E-state index contributed by atoms with van der Waals surface area (Å²) in [5.74, 6) is 0.226. The number of nitrogen functional groups attached to an aromatic ring is 1. The van der Waals surface area contributed by atoms with Gasteiger partial charge in [-0.3, -0.25) is 4.79 Å². The Balaban J connectivity index is 2.66. The number of carbonyl (C=O) groups is 1. The minimum atomic E-state index is -0.935. The number of hydrogen-bond acceptors (Lipinski definition) is 4. The summed E-state index contributed by atoms with van der Waals surface area (Å²) in [6.07, 6.45) is 1.90. The van der Waals surface area contributed by atoms with Gasteiger partial charge >= 0.3 is 0 Å². The van der Waals surface area contributed by atoms with Crippen molar-refractivity contribution in [3.8, 4) is 0 Å². The third-order valence-electron chi connectivity index (χ3n) is 2.32. The molecule has 1 aromatic rings. The van der Waals surface area contributed by atoms with Gasteiger partial charge in [0.15, 0.2) is 0 Å². The number of rotatable bonds is 5. The molecule has 1 amide bonds. The summed E-state index contributed by atoms with van der Waals surface area (Å²) in [6, 6.07) is 4.70. The largest absolute Gasteiger partial charge is 0.399 e. The van der Waals surface area contributed by atoms with Crippen molar-refractivity contribution < 1.29 is 9.90 Å². The molecule has 0 saturated carbocycles. The summed E-state index contributed by atoms with van der Waals surface area (Å²) in [7, 11) is 0. The summed E-state index contributed by atoms with van der Waals surface area (Å²) in [5.41, 5.74) is 5.47. The van der Waals surface area contributed by atoms with E-state index in [-0.39, 0.29) is 12.5 Å². The van der Waals surface area contributed by atoms with Crippen LogP contribution in [0.1, 0.15) is 17.3 Å². The van der Waals surface area contributed by atoms with Crippen LogP contribution in [0.3, 0.4) is 0 Å². The fourth-order valence-electron chi connectivity index (χ4n) is 1.44. The van der Waals surface area contributed by atoms with Crippen LogP contribution in [0.15, 0.2) is 18.2 Å². The SMILES string of the molecule is CSCC(C)(O)CNC(=O)c1ccc(N)cc1Cl. The first-order valence-electron chi connectivity index (χ1n) is 5.40. The minimum absolute atomic E-state index is 0.174. The molecule has 4 N–H and O–H groups in total. The molecule has 0 heterocycles. The molecule has 0 aliphatic rings. The van der Waals surface area contributed by atoms with Crippen LogP contribution in [0.2, 0.25) is 5.02 Å². The molecule has 18 heavy (non-hydrogen) atoms. The van der Waals surface area contributed by atoms with E-state index < -0.39 is 5.60 Å². The highest BCUT2D eigenvalue weighted by molar-refractivity contribution is 7.98. The molecule has 1 rings (SSSR count). The maximum atomic E-state index is 11.9. The second-order valence-corrected chi connectivity index (χ2v) is 5.63. The molecule has 4 nitrogen and oxygen atoms in total. The zero-order valence-corrected chi connectivity index (χ0v) is 11.9. The normalized spacial score (nSPS) is 14.0. The Morgan fingerprint density at radius 2 is 2.28 bits per heavy atom. The molecule has 0 aromatic heterocycles. The lowest BCUT2D eigenvalue weighted by molar-refractivity contribution is 0.0725. The van der Waals surface area contributed by atoms with Gasteiger partial charge in [-0.05, 0) is 31.4 Å². The van der Waals surface area contributed by atoms with E-state index in [1.54, 1.807) is 19.1 Å². The number of nitrogens with two attached hydrogens (primary N) is 1. The van der Waals surface area contributed by atoms with E-state index in [2.05, 4.69) is 5.32 Å². The number of nitrogens with one attached hydrogen (secondary N) is 1. The predicted octanol–water partition coefficient (Wildman–Crippen LogP) is 1.77. The van der Waals surface area contributed by atoms with Gasteiger partial charge < -0.3 is 16.2 Å². The molecule has 1 atom stereocenters. The van der Waals surface area contributed by atoms with Gasteiger partial charge in [0.25, 0.3) is 5.91 Å². The third-order valence-corrected chi connectivity index (χ3v) is 3.55. The quantitative estimate of drug-likeness (QED) is 0.722. The lowest BCUT2D eigenvalue weighted by atomic mass is 10.1. The first-order valence-corrected chi connectivity index (χ1v) is 7.17. The summed E-state index contributed by atoms with van der Waals surface area (Å²) in [4.78, 5) is 11.9. The molecule has 100 valence electrons. The van der Waals surface area contributed by atoms with Gasteiger partial charge in [0.1, 0.15) is 0 Å². The number of benzene rings is 1. The van der Waals surface area contributed by atoms with Crippen LogP contribution in [-0.2, 0) is 0 Å². The zero-order valence-electron chi connectivity index (χ0n) is 10.4. The lowest BCUT2D eigenvalue weighted by Crippen LogP contribution is -2.42. The fraction of sp³-hybridized carbons (Fsp3) is 0.417. The zero-order chi connectivity index (χ0) is 13.8. The summed E-state index contributed by atoms with van der Waals surface area (Å²) >= 11 is 7.45. The van der Waals surface area contributed by atoms with E-state index >= 15 is 0 Å². The highest BCUT2D eigenvalue weighted by Crippen LogP contribution is 2.19. The highest BCUT2D eigenvalue weighted by Gasteiger charge is 2.21. The van der Waals surface area contributed by atoms with Crippen LogP contribution in [0, 0.1) is 0 Å². The van der Waals surface area contributed by atoms with Crippen LogP contribution >= 0.6 is 23.4 Å². The van der Waals surface area contributed by atoms with Crippen LogP contribution < -0.4 is 11.1 Å². The maximum Gasteiger partial charge on any atom is 0.252 e. The number of carbonyl (C=O) groups excluding carboxylic acids is 1. The smallest absolute Gasteiger partial charge is 0.252 e. The summed E-state index contributed by atoms with van der Waals surface area (Å²) < 4.78 is 0. The van der Waals surface area contributed by atoms with Gasteiger partial charge in [0.05, 0.1) is 16.2 Å². The number of aliphatic hydroxyl groups is 1. The topological polar surface area (TPSA) is 75.3 Å². The second-order valence-electron chi connectivity index (χ2n) is 4.35. The van der Waals surface area contributed by atoms with E-state index in [4.69, 9.17) is 17.3 Å². The molecule has 0 saturated heterocycles. The van der Waals surface area contributed by atoms with Crippen molar-refractivity contribution in [2.24, 2.45) is 0 Å². The Kier molecular flexibility index (Phi) is 5.31. The average Bonchev–Trinajstić information content (AvgIpc) is 2.26. The second kappa shape index (κ2) is 6.31. The molecule has 0 aliphatic heterocycles. The molecule has 0 aliphatic carbocycles. The molecule has 0 spiro atoms. The number of amides is 1. The van der Waals surface area contributed by atoms with E-state index in [0.717, 1.165) is 0 Å². The lowest BCUT2D eigenvalue weighted by Gasteiger charge is -2.22. The Morgan fingerprint density at radius 3 is 2.83 bits per heavy atom. The Hall–Kier alpha value is -0.910. The molecule has 1 unspecified atom stereocenters. The van der Waals surface area contributed by atoms with Crippen molar-refractivity contribution in [2.75, 3.05) is 24.3 Å². The van der Waals surface area contributed by atoms with Crippen LogP contribution in [-0.4, -0.2) is 35.2 Å². The van der Waals surface area contributed by atoms with Gasteiger partial charge in [-0.1, -0.05) is 11.6 Å². The van der Waals surface area contributed by atoms with Gasteiger partial charge in [-0.25, -0.2) is 0 Å². The molecular formula is C12H17ClN2O2S. The minimum Gasteiger partial charge on any atom is -0.399 e. The van der Waals surface area contributed by atoms with Crippen molar-refractivity contribution in [1.29, 1.82) is 0 Å². The van der Waals surface area contributed by atoms with E-state index in [1.807, 2.05) is 6.26 Å². The average molecular weight is 289 g/mol. The van der Waals surface area contributed by atoms with E-state index in [1.165, 1.54) is 17.8 Å². The van der Waals surface area contributed by atoms with Crippen molar-refractivity contribution in [3.63, 3.8) is 0 Å². The number of halogens is 1. The Bertz CT molecular complexity index is 438. The molecule has 0 fully saturated rings. The van der Waals surface area contributed by atoms with Crippen molar-refractivity contribution in [1.82, 2.24) is 5.32 Å². The van der Waals surface area contributed by atoms with Crippen molar-refractivity contribution >= 4 is 35.0 Å². The Morgan fingerprint density at radius 1 is 1.61 bits per heavy atom. The highest BCUT2D eigenvalue weighted by atomic mass is 35.5. The van der Waals surface area contributed by atoms with Crippen LogP contribution in [0.5, 0.6) is 0 Å². The maximum absolute atomic E-state index is 11.9. The van der Waals surface area contributed by atoms with E-state index in [9.17, 15) is 9.90 Å². The molecule has 6 heteroatoms. The van der Waals surface area contributed by atoms with Gasteiger partial charge in [0.2, 0.25) is 0 Å². The molecular weight excluding hydrogens is 272 g/mol. The predicted molar refractivity (Wildman–Crippen MR) is 77.2 cm³/mol. The van der Waals surface area contributed by atoms with Gasteiger partial charge in [0, 0.05) is 18.0 Å². The first-order chi connectivity index (χ1) is 8.35. The van der Waals surface area contributed by atoms with E-state index in [0.29, 0.717) is 22.0 Å². The first kappa shape index (κ1) is 15.1. The standard InChI is InChI=1S/C12H17ClN2O2S/c1-12(17,7-18-2)6-15-11(16)9-4-3-8(14)5-10(9)13/h3-5,17H,6-7,14H2,1-2H3,(H,15,16). The van der Waals surface area contributed by atoms with Crippen molar-refractivity contribution in [3.05, 3.63) is 28.8 Å². The number of thioether (sulfide) groups is 1. The van der Waals surface area contributed by atoms with Crippen molar-refractivity contribution in [2.45, 2.75) is 12.5 Å². The third kappa shape index (κ3) is 4.40. The monoisotopic (exact) mass is 288 g/mol.